The molecule has 20 heavy (non-hydrogen) atoms. The zero-order valence-electron chi connectivity index (χ0n) is 11.0. The lowest BCUT2D eigenvalue weighted by atomic mass is 10.1. The van der Waals surface area contributed by atoms with Gasteiger partial charge in [-0.2, -0.15) is 0 Å². The van der Waals surface area contributed by atoms with Crippen LogP contribution in [0.4, 0.5) is 0 Å². The van der Waals surface area contributed by atoms with Gasteiger partial charge in [-0.15, -0.1) is 11.8 Å². The Hall–Kier alpha value is -1.25. The summed E-state index contributed by atoms with van der Waals surface area (Å²) < 4.78 is 0. The molecule has 3 rings (SSSR count). The van der Waals surface area contributed by atoms with E-state index >= 15 is 0 Å². The first-order valence-electron chi connectivity index (χ1n) is 6.70. The predicted octanol–water partition coefficient (Wildman–Crippen LogP) is 4.80. The van der Waals surface area contributed by atoms with Crippen molar-refractivity contribution >= 4 is 29.1 Å². The van der Waals surface area contributed by atoms with Crippen LogP contribution in [0.15, 0.2) is 59.5 Å². The fourth-order valence-electron chi connectivity index (χ4n) is 2.44. The third-order valence-corrected chi connectivity index (χ3v) is 4.86. The number of rotatable bonds is 5. The van der Waals surface area contributed by atoms with Gasteiger partial charge in [0.25, 0.3) is 0 Å². The Balaban J connectivity index is 1.54. The Labute approximate surface area is 128 Å². The molecular weight excluding hydrogens is 288 g/mol. The van der Waals surface area contributed by atoms with Crippen LogP contribution in [-0.2, 0) is 4.79 Å². The maximum atomic E-state index is 12.2. The fourth-order valence-corrected chi connectivity index (χ4v) is 3.60. The zero-order chi connectivity index (χ0) is 13.9. The van der Waals surface area contributed by atoms with Crippen molar-refractivity contribution in [3.05, 3.63) is 65.2 Å². The summed E-state index contributed by atoms with van der Waals surface area (Å²) in [4.78, 5) is 13.3. The zero-order valence-corrected chi connectivity index (χ0v) is 12.5. The smallest absolute Gasteiger partial charge is 0.146 e. The molecular formula is C17H15ClOS. The Morgan fingerprint density at radius 3 is 2.70 bits per heavy atom. The summed E-state index contributed by atoms with van der Waals surface area (Å²) >= 11 is 7.51. The molecule has 1 fully saturated rings. The van der Waals surface area contributed by atoms with Crippen LogP contribution in [0, 0.1) is 5.92 Å². The van der Waals surface area contributed by atoms with E-state index in [4.69, 9.17) is 11.6 Å². The van der Waals surface area contributed by atoms with Crippen LogP contribution in [-0.4, -0.2) is 11.5 Å². The number of thioether (sulfide) groups is 1. The first-order valence-corrected chi connectivity index (χ1v) is 8.06. The lowest BCUT2D eigenvalue weighted by Crippen LogP contribution is -2.05. The van der Waals surface area contributed by atoms with Crippen LogP contribution in [0.25, 0.3) is 0 Å². The number of halogens is 1. The van der Waals surface area contributed by atoms with Crippen molar-refractivity contribution in [2.45, 2.75) is 17.2 Å². The minimum absolute atomic E-state index is 0.212. The average Bonchev–Trinajstić information content (AvgIpc) is 3.26. The summed E-state index contributed by atoms with van der Waals surface area (Å²) in [6.45, 7) is 0. The number of hydrogen-bond acceptors (Lipinski definition) is 2. The monoisotopic (exact) mass is 302 g/mol. The summed E-state index contributed by atoms with van der Waals surface area (Å²) in [5.74, 6) is 1.53. The van der Waals surface area contributed by atoms with Crippen molar-refractivity contribution in [1.29, 1.82) is 0 Å². The first kappa shape index (κ1) is 13.7. The summed E-state index contributed by atoms with van der Waals surface area (Å²) in [7, 11) is 0. The molecule has 1 aliphatic rings. The maximum absolute atomic E-state index is 12.2. The molecule has 0 aromatic heterocycles. The number of carbonyl (C=O) groups is 1. The molecule has 0 aliphatic heterocycles. The molecule has 0 bridgehead atoms. The molecule has 1 nitrogen and oxygen atoms in total. The van der Waals surface area contributed by atoms with Gasteiger partial charge >= 0.3 is 0 Å². The number of ketones is 1. The normalized spacial score (nSPS) is 20.6. The van der Waals surface area contributed by atoms with Gasteiger partial charge in [-0.05, 0) is 36.1 Å². The van der Waals surface area contributed by atoms with E-state index in [1.54, 1.807) is 11.8 Å². The molecule has 0 N–H and O–H groups in total. The van der Waals surface area contributed by atoms with Crippen molar-refractivity contribution < 1.29 is 4.79 Å². The highest BCUT2D eigenvalue weighted by Gasteiger charge is 2.43. The van der Waals surface area contributed by atoms with Gasteiger partial charge in [0.05, 0.1) is 5.75 Å². The minimum atomic E-state index is 0.212. The molecule has 0 heterocycles. The van der Waals surface area contributed by atoms with E-state index in [-0.39, 0.29) is 5.92 Å². The third kappa shape index (κ3) is 3.25. The molecule has 102 valence electrons. The SMILES string of the molecule is O=C(CSc1cccc(Cl)c1)C1CC1c1ccccc1. The second-order valence-electron chi connectivity index (χ2n) is 5.07. The van der Waals surface area contributed by atoms with Gasteiger partial charge in [0.1, 0.15) is 5.78 Å². The number of carbonyl (C=O) groups excluding carboxylic acids is 1. The molecule has 0 saturated heterocycles. The van der Waals surface area contributed by atoms with E-state index < -0.39 is 0 Å². The van der Waals surface area contributed by atoms with Crippen molar-refractivity contribution in [2.75, 3.05) is 5.75 Å². The summed E-state index contributed by atoms with van der Waals surface area (Å²) in [5.41, 5.74) is 1.29. The summed E-state index contributed by atoms with van der Waals surface area (Å²) in [5, 5.41) is 0.719. The van der Waals surface area contributed by atoms with Crippen LogP contribution in [0.1, 0.15) is 17.9 Å². The van der Waals surface area contributed by atoms with Gasteiger partial charge in [-0.25, -0.2) is 0 Å². The molecule has 2 aromatic rings. The van der Waals surface area contributed by atoms with Crippen molar-refractivity contribution in [3.8, 4) is 0 Å². The summed E-state index contributed by atoms with van der Waals surface area (Å²) in [6.07, 6.45) is 0.999. The van der Waals surface area contributed by atoms with Crippen molar-refractivity contribution in [3.63, 3.8) is 0 Å². The van der Waals surface area contributed by atoms with E-state index in [1.165, 1.54) is 5.56 Å². The standard InChI is InChI=1S/C17H15ClOS/c18-13-7-4-8-14(9-13)20-11-17(19)16-10-15(16)12-5-2-1-3-6-12/h1-9,15-16H,10-11H2. The topological polar surface area (TPSA) is 17.1 Å². The van der Waals surface area contributed by atoms with Crippen LogP contribution < -0.4 is 0 Å². The lowest BCUT2D eigenvalue weighted by Gasteiger charge is -2.02. The van der Waals surface area contributed by atoms with Crippen LogP contribution in [0.3, 0.4) is 0 Å². The molecule has 2 aromatic carbocycles. The Morgan fingerprint density at radius 1 is 1.15 bits per heavy atom. The van der Waals surface area contributed by atoms with Gasteiger partial charge in [0, 0.05) is 15.8 Å². The highest BCUT2D eigenvalue weighted by atomic mass is 35.5. The van der Waals surface area contributed by atoms with Gasteiger partial charge in [-0.1, -0.05) is 48.0 Å². The van der Waals surface area contributed by atoms with E-state index in [1.807, 2.05) is 42.5 Å². The van der Waals surface area contributed by atoms with Crippen LogP contribution >= 0.6 is 23.4 Å². The van der Waals surface area contributed by atoms with E-state index in [0.29, 0.717) is 17.5 Å². The van der Waals surface area contributed by atoms with Crippen LogP contribution in [0.5, 0.6) is 0 Å². The minimum Gasteiger partial charge on any atom is -0.298 e. The first-order chi connectivity index (χ1) is 9.74. The van der Waals surface area contributed by atoms with Gasteiger partial charge < -0.3 is 0 Å². The Kier molecular flexibility index (Phi) is 4.13. The second kappa shape index (κ2) is 6.02. The quantitative estimate of drug-likeness (QED) is 0.738. The second-order valence-corrected chi connectivity index (χ2v) is 6.56. The molecule has 3 heteroatoms. The van der Waals surface area contributed by atoms with Crippen LogP contribution in [0.2, 0.25) is 5.02 Å². The highest BCUT2D eigenvalue weighted by Crippen LogP contribution is 2.48. The molecule has 2 atom stereocenters. The fraction of sp³-hybridized carbons (Fsp3) is 0.235. The van der Waals surface area contributed by atoms with Gasteiger partial charge in [-0.3, -0.25) is 4.79 Å². The van der Waals surface area contributed by atoms with E-state index in [9.17, 15) is 4.79 Å². The maximum Gasteiger partial charge on any atom is 0.146 e. The highest BCUT2D eigenvalue weighted by molar-refractivity contribution is 8.00. The van der Waals surface area contributed by atoms with Crippen molar-refractivity contribution in [1.82, 2.24) is 0 Å². The number of hydrogen-bond donors (Lipinski definition) is 0. The molecule has 0 radical (unpaired) electrons. The third-order valence-electron chi connectivity index (χ3n) is 3.61. The molecule has 0 spiro atoms. The predicted molar refractivity (Wildman–Crippen MR) is 84.5 cm³/mol. The molecule has 0 amide bonds. The number of benzene rings is 2. The van der Waals surface area contributed by atoms with E-state index in [2.05, 4.69) is 12.1 Å². The Morgan fingerprint density at radius 2 is 1.95 bits per heavy atom. The number of Topliss-reactive ketones (excluding diaryl/α,β-unsaturated/α-hetero) is 1. The largest absolute Gasteiger partial charge is 0.298 e. The van der Waals surface area contributed by atoms with Crippen molar-refractivity contribution in [2.24, 2.45) is 5.92 Å². The molecule has 1 saturated carbocycles. The summed E-state index contributed by atoms with van der Waals surface area (Å²) in [6, 6.07) is 18.0. The molecule has 2 unspecified atom stereocenters. The average molecular weight is 303 g/mol. The van der Waals surface area contributed by atoms with Gasteiger partial charge in [0.15, 0.2) is 0 Å². The van der Waals surface area contributed by atoms with Gasteiger partial charge in [0.2, 0.25) is 0 Å². The molecule has 1 aliphatic carbocycles. The lowest BCUT2D eigenvalue weighted by molar-refractivity contribution is -0.117. The van der Waals surface area contributed by atoms with E-state index in [0.717, 1.165) is 16.3 Å². The Bertz CT molecular complexity index is 611.